The maximum atomic E-state index is 11.8. The van der Waals surface area contributed by atoms with Crippen molar-refractivity contribution in [3.8, 4) is 0 Å². The van der Waals surface area contributed by atoms with E-state index in [1.807, 2.05) is 13.0 Å². The van der Waals surface area contributed by atoms with Crippen LogP contribution in [-0.4, -0.2) is 23.1 Å². The monoisotopic (exact) mass is 249 g/mol. The number of hydrogen-bond donors (Lipinski definition) is 1. The topological polar surface area (TPSA) is 71.5 Å². The summed E-state index contributed by atoms with van der Waals surface area (Å²) >= 11 is 0. The van der Waals surface area contributed by atoms with Crippen molar-refractivity contribution in [1.82, 2.24) is 15.4 Å². The summed E-state index contributed by atoms with van der Waals surface area (Å²) in [6, 6.07) is 5.20. The lowest BCUT2D eigenvalue weighted by Gasteiger charge is -2.15. The second-order valence-corrected chi connectivity index (χ2v) is 4.03. The molecule has 96 valence electrons. The lowest BCUT2D eigenvalue weighted by atomic mass is 10.4. The Bertz CT molecular complexity index is 504. The third-order valence-corrected chi connectivity index (χ3v) is 2.41. The maximum Gasteiger partial charge on any atom is 0.317 e. The van der Waals surface area contributed by atoms with E-state index in [-0.39, 0.29) is 6.03 Å². The summed E-state index contributed by atoms with van der Waals surface area (Å²) in [5.74, 6) is 1.37. The summed E-state index contributed by atoms with van der Waals surface area (Å²) in [5, 5.41) is 6.48. The molecule has 2 rings (SSSR count). The SMILES string of the molecule is Cc1cc(CNC(=O)N(C)Cc2ccco2)on1. The van der Waals surface area contributed by atoms with Crippen LogP contribution in [0, 0.1) is 6.92 Å². The fourth-order valence-corrected chi connectivity index (χ4v) is 1.51. The molecule has 0 radical (unpaired) electrons. The Balaban J connectivity index is 1.80. The number of amides is 2. The van der Waals surface area contributed by atoms with Gasteiger partial charge in [-0.2, -0.15) is 0 Å². The van der Waals surface area contributed by atoms with Crippen LogP contribution in [0.15, 0.2) is 33.4 Å². The molecule has 6 nitrogen and oxygen atoms in total. The molecule has 18 heavy (non-hydrogen) atoms. The van der Waals surface area contributed by atoms with Gasteiger partial charge in [0.05, 0.1) is 25.0 Å². The zero-order valence-electron chi connectivity index (χ0n) is 10.3. The van der Waals surface area contributed by atoms with Gasteiger partial charge in [-0.15, -0.1) is 0 Å². The average molecular weight is 249 g/mol. The molecule has 0 atom stereocenters. The Kier molecular flexibility index (Phi) is 3.66. The number of hydrogen-bond acceptors (Lipinski definition) is 4. The number of carbonyl (C=O) groups is 1. The first-order chi connectivity index (χ1) is 8.65. The lowest BCUT2D eigenvalue weighted by Crippen LogP contribution is -2.36. The highest BCUT2D eigenvalue weighted by Gasteiger charge is 2.11. The largest absolute Gasteiger partial charge is 0.467 e. The standard InChI is InChI=1S/C12H15N3O3/c1-9-6-11(18-14-9)7-13-12(16)15(2)8-10-4-3-5-17-10/h3-6H,7-8H2,1-2H3,(H,13,16). The quantitative estimate of drug-likeness (QED) is 0.898. The fraction of sp³-hybridized carbons (Fsp3) is 0.333. The molecule has 2 aromatic heterocycles. The van der Waals surface area contributed by atoms with Gasteiger partial charge in [0.2, 0.25) is 0 Å². The van der Waals surface area contributed by atoms with E-state index in [0.717, 1.165) is 11.5 Å². The lowest BCUT2D eigenvalue weighted by molar-refractivity contribution is 0.201. The molecule has 0 aliphatic carbocycles. The summed E-state index contributed by atoms with van der Waals surface area (Å²) in [6.45, 7) is 2.58. The van der Waals surface area contributed by atoms with E-state index in [1.54, 1.807) is 25.4 Å². The molecule has 0 saturated heterocycles. The summed E-state index contributed by atoms with van der Waals surface area (Å²) in [7, 11) is 1.70. The third-order valence-electron chi connectivity index (χ3n) is 2.41. The van der Waals surface area contributed by atoms with Gasteiger partial charge in [0.25, 0.3) is 0 Å². The molecule has 0 spiro atoms. The summed E-state index contributed by atoms with van der Waals surface area (Å²) < 4.78 is 10.2. The van der Waals surface area contributed by atoms with Crippen LogP contribution in [0.1, 0.15) is 17.2 Å². The molecular weight excluding hydrogens is 234 g/mol. The first-order valence-corrected chi connectivity index (χ1v) is 5.58. The summed E-state index contributed by atoms with van der Waals surface area (Å²) in [5.41, 5.74) is 0.795. The van der Waals surface area contributed by atoms with Gasteiger partial charge in [-0.25, -0.2) is 4.79 Å². The summed E-state index contributed by atoms with van der Waals surface area (Å²) in [4.78, 5) is 13.3. The van der Waals surface area contributed by atoms with Crippen LogP contribution >= 0.6 is 0 Å². The molecule has 6 heteroatoms. The van der Waals surface area contributed by atoms with Gasteiger partial charge in [0.15, 0.2) is 5.76 Å². The van der Waals surface area contributed by atoms with Gasteiger partial charge in [-0.1, -0.05) is 5.16 Å². The van der Waals surface area contributed by atoms with Crippen LogP contribution in [0.3, 0.4) is 0 Å². The number of nitrogens with one attached hydrogen (secondary N) is 1. The van der Waals surface area contributed by atoms with Crippen molar-refractivity contribution in [2.45, 2.75) is 20.0 Å². The minimum atomic E-state index is -0.194. The second kappa shape index (κ2) is 5.39. The minimum Gasteiger partial charge on any atom is -0.467 e. The molecule has 2 aromatic rings. The molecule has 0 unspecified atom stereocenters. The van der Waals surface area contributed by atoms with Crippen molar-refractivity contribution in [2.75, 3.05) is 7.05 Å². The fourth-order valence-electron chi connectivity index (χ4n) is 1.51. The predicted molar refractivity (Wildman–Crippen MR) is 63.7 cm³/mol. The van der Waals surface area contributed by atoms with E-state index in [1.165, 1.54) is 4.90 Å². The van der Waals surface area contributed by atoms with E-state index in [9.17, 15) is 4.79 Å². The summed E-state index contributed by atoms with van der Waals surface area (Å²) in [6.07, 6.45) is 1.58. The van der Waals surface area contributed by atoms with Crippen LogP contribution in [0.5, 0.6) is 0 Å². The Morgan fingerprint density at radius 3 is 2.94 bits per heavy atom. The molecule has 0 fully saturated rings. The van der Waals surface area contributed by atoms with Crippen LogP contribution in [0.2, 0.25) is 0 Å². The van der Waals surface area contributed by atoms with Gasteiger partial charge >= 0.3 is 6.03 Å². The van der Waals surface area contributed by atoms with E-state index in [4.69, 9.17) is 8.94 Å². The van der Waals surface area contributed by atoms with Gasteiger partial charge < -0.3 is 19.2 Å². The molecule has 0 bridgehead atoms. The van der Waals surface area contributed by atoms with Gasteiger partial charge in [-0.05, 0) is 19.1 Å². The Morgan fingerprint density at radius 2 is 2.33 bits per heavy atom. The van der Waals surface area contributed by atoms with Crippen LogP contribution in [0.4, 0.5) is 4.79 Å². The molecule has 0 aliphatic heterocycles. The molecule has 0 aliphatic rings. The molecule has 0 aromatic carbocycles. The Morgan fingerprint density at radius 1 is 1.50 bits per heavy atom. The number of aryl methyl sites for hydroxylation is 1. The van der Waals surface area contributed by atoms with Crippen molar-refractivity contribution >= 4 is 6.03 Å². The smallest absolute Gasteiger partial charge is 0.317 e. The first kappa shape index (κ1) is 12.2. The number of urea groups is 1. The average Bonchev–Trinajstić information content (AvgIpc) is 2.97. The Labute approximate surface area is 105 Å². The van der Waals surface area contributed by atoms with E-state index < -0.39 is 0 Å². The van der Waals surface area contributed by atoms with Crippen molar-refractivity contribution in [1.29, 1.82) is 0 Å². The second-order valence-electron chi connectivity index (χ2n) is 4.03. The first-order valence-electron chi connectivity index (χ1n) is 5.58. The zero-order chi connectivity index (χ0) is 13.0. The van der Waals surface area contributed by atoms with E-state index >= 15 is 0 Å². The molecule has 2 amide bonds. The van der Waals surface area contributed by atoms with Crippen LogP contribution < -0.4 is 5.32 Å². The van der Waals surface area contributed by atoms with Crippen molar-refractivity contribution in [3.63, 3.8) is 0 Å². The van der Waals surface area contributed by atoms with E-state index in [2.05, 4.69) is 10.5 Å². The van der Waals surface area contributed by atoms with Crippen molar-refractivity contribution in [3.05, 3.63) is 41.7 Å². The van der Waals surface area contributed by atoms with Gasteiger partial charge in [0.1, 0.15) is 5.76 Å². The Hall–Kier alpha value is -2.24. The van der Waals surface area contributed by atoms with Crippen molar-refractivity contribution < 1.29 is 13.7 Å². The van der Waals surface area contributed by atoms with Crippen molar-refractivity contribution in [2.24, 2.45) is 0 Å². The minimum absolute atomic E-state index is 0.194. The molecule has 1 N–H and O–H groups in total. The maximum absolute atomic E-state index is 11.8. The molecular formula is C12H15N3O3. The number of rotatable bonds is 4. The number of aromatic nitrogens is 1. The van der Waals surface area contributed by atoms with Gasteiger partial charge in [0, 0.05) is 13.1 Å². The number of furan rings is 1. The molecule has 0 saturated carbocycles. The highest BCUT2D eigenvalue weighted by atomic mass is 16.5. The van der Waals surface area contributed by atoms with Gasteiger partial charge in [-0.3, -0.25) is 0 Å². The van der Waals surface area contributed by atoms with Crippen LogP contribution in [0.25, 0.3) is 0 Å². The molecule has 2 heterocycles. The third kappa shape index (κ3) is 3.13. The van der Waals surface area contributed by atoms with E-state index in [0.29, 0.717) is 18.8 Å². The highest BCUT2D eigenvalue weighted by Crippen LogP contribution is 2.05. The highest BCUT2D eigenvalue weighted by molar-refractivity contribution is 5.73. The number of nitrogens with zero attached hydrogens (tertiary/aromatic N) is 2. The zero-order valence-corrected chi connectivity index (χ0v) is 10.3. The number of carbonyl (C=O) groups excluding carboxylic acids is 1. The predicted octanol–water partition coefficient (Wildman–Crippen LogP) is 1.92. The normalized spacial score (nSPS) is 10.3. The van der Waals surface area contributed by atoms with Crippen LogP contribution in [-0.2, 0) is 13.1 Å².